The lowest BCUT2D eigenvalue weighted by Crippen LogP contribution is -2.12. The molecule has 5 N–H and O–H groups in total. The number of hydrogen-bond donors (Lipinski definition) is 3. The van der Waals surface area contributed by atoms with Crippen molar-refractivity contribution in [3.8, 4) is 0 Å². The van der Waals surface area contributed by atoms with Crippen LogP contribution in [0.15, 0.2) is 42.6 Å². The lowest BCUT2D eigenvalue weighted by Gasteiger charge is -2.15. The van der Waals surface area contributed by atoms with E-state index in [1.807, 2.05) is 31.2 Å². The van der Waals surface area contributed by atoms with Crippen LogP contribution in [-0.4, -0.2) is 10.9 Å². The Hall–Kier alpha value is -2.56. The average molecular weight is 256 g/mol. The largest absolute Gasteiger partial charge is 0.399 e. The third-order valence-electron chi connectivity index (χ3n) is 2.82. The van der Waals surface area contributed by atoms with E-state index in [2.05, 4.69) is 10.3 Å². The molecule has 0 saturated heterocycles. The number of amides is 1. The molecular formula is C14H16N4O. The molecule has 1 atom stereocenters. The molecule has 98 valence electrons. The van der Waals surface area contributed by atoms with Crippen LogP contribution < -0.4 is 16.8 Å². The summed E-state index contributed by atoms with van der Waals surface area (Å²) in [5.74, 6) is 0.197. The topological polar surface area (TPSA) is 94.0 Å². The van der Waals surface area contributed by atoms with Gasteiger partial charge in [-0.05, 0) is 36.8 Å². The molecule has 1 aromatic heterocycles. The molecule has 0 spiro atoms. The van der Waals surface area contributed by atoms with Gasteiger partial charge in [0.2, 0.25) is 5.91 Å². The minimum absolute atomic E-state index is 0.0652. The van der Waals surface area contributed by atoms with E-state index in [4.69, 9.17) is 11.5 Å². The van der Waals surface area contributed by atoms with E-state index in [9.17, 15) is 4.79 Å². The second-order valence-electron chi connectivity index (χ2n) is 4.33. The molecule has 1 heterocycles. The summed E-state index contributed by atoms with van der Waals surface area (Å²) < 4.78 is 0. The third-order valence-corrected chi connectivity index (χ3v) is 2.82. The molecule has 5 nitrogen and oxygen atoms in total. The number of carbonyl (C=O) groups is 1. The van der Waals surface area contributed by atoms with E-state index in [1.54, 1.807) is 12.1 Å². The number of nitrogens with one attached hydrogen (secondary N) is 1. The van der Waals surface area contributed by atoms with Crippen LogP contribution in [0.3, 0.4) is 0 Å². The van der Waals surface area contributed by atoms with Crippen LogP contribution in [0.4, 0.5) is 11.5 Å². The van der Waals surface area contributed by atoms with Gasteiger partial charge in [-0.1, -0.05) is 12.1 Å². The molecule has 19 heavy (non-hydrogen) atoms. The number of primary amides is 1. The maximum Gasteiger partial charge on any atom is 0.250 e. The Morgan fingerprint density at radius 1 is 1.32 bits per heavy atom. The van der Waals surface area contributed by atoms with E-state index in [1.165, 1.54) is 6.20 Å². The summed E-state index contributed by atoms with van der Waals surface area (Å²) in [4.78, 5) is 15.1. The highest BCUT2D eigenvalue weighted by atomic mass is 16.1. The Morgan fingerprint density at radius 2 is 2.11 bits per heavy atom. The number of hydrogen-bond acceptors (Lipinski definition) is 4. The summed E-state index contributed by atoms with van der Waals surface area (Å²) in [7, 11) is 0. The predicted octanol–water partition coefficient (Wildman–Crippen LogP) is 1.94. The summed E-state index contributed by atoms with van der Waals surface area (Å²) in [6, 6.07) is 11.1. The zero-order chi connectivity index (χ0) is 13.8. The lowest BCUT2D eigenvalue weighted by atomic mass is 10.1. The summed E-state index contributed by atoms with van der Waals surface area (Å²) in [6.07, 6.45) is 1.46. The van der Waals surface area contributed by atoms with Crippen molar-refractivity contribution < 1.29 is 4.79 Å². The first-order valence-electron chi connectivity index (χ1n) is 5.94. The fraction of sp³-hybridized carbons (Fsp3) is 0.143. The molecule has 2 aromatic rings. The van der Waals surface area contributed by atoms with Gasteiger partial charge < -0.3 is 16.8 Å². The van der Waals surface area contributed by atoms with E-state index >= 15 is 0 Å². The van der Waals surface area contributed by atoms with Gasteiger partial charge in [-0.25, -0.2) is 4.98 Å². The first-order valence-corrected chi connectivity index (χ1v) is 5.94. The SMILES string of the molecule is CC(Nc1ccc(C(N)=O)cn1)c1cccc(N)c1. The molecule has 0 radical (unpaired) electrons. The molecule has 0 fully saturated rings. The minimum atomic E-state index is -0.483. The highest BCUT2D eigenvalue weighted by Gasteiger charge is 2.07. The number of pyridine rings is 1. The van der Waals surface area contributed by atoms with Gasteiger partial charge in [0.05, 0.1) is 11.6 Å². The van der Waals surface area contributed by atoms with Crippen molar-refractivity contribution in [2.24, 2.45) is 5.73 Å². The van der Waals surface area contributed by atoms with Crippen LogP contribution >= 0.6 is 0 Å². The van der Waals surface area contributed by atoms with Crippen molar-refractivity contribution >= 4 is 17.4 Å². The van der Waals surface area contributed by atoms with Gasteiger partial charge in [0, 0.05) is 11.9 Å². The number of carbonyl (C=O) groups excluding carboxylic acids is 1. The van der Waals surface area contributed by atoms with Crippen molar-refractivity contribution in [2.75, 3.05) is 11.1 Å². The van der Waals surface area contributed by atoms with Crippen LogP contribution in [0, 0.1) is 0 Å². The van der Waals surface area contributed by atoms with Crippen LogP contribution in [0.2, 0.25) is 0 Å². The maximum absolute atomic E-state index is 10.9. The summed E-state index contributed by atoms with van der Waals surface area (Å²) in [6.45, 7) is 2.01. The second-order valence-corrected chi connectivity index (χ2v) is 4.33. The Kier molecular flexibility index (Phi) is 3.66. The summed E-state index contributed by atoms with van der Waals surface area (Å²) >= 11 is 0. The summed E-state index contributed by atoms with van der Waals surface area (Å²) in [5, 5.41) is 3.23. The van der Waals surface area contributed by atoms with Crippen molar-refractivity contribution in [3.05, 3.63) is 53.7 Å². The number of nitrogens with two attached hydrogens (primary N) is 2. The van der Waals surface area contributed by atoms with Crippen LogP contribution in [-0.2, 0) is 0 Å². The summed E-state index contributed by atoms with van der Waals surface area (Å²) in [5.41, 5.74) is 13.1. The van der Waals surface area contributed by atoms with Crippen LogP contribution in [0.25, 0.3) is 0 Å². The average Bonchev–Trinajstić information content (AvgIpc) is 2.39. The first kappa shape index (κ1) is 12.9. The molecule has 0 aliphatic heterocycles. The number of aromatic nitrogens is 1. The van der Waals surface area contributed by atoms with E-state index in [0.29, 0.717) is 11.4 Å². The van der Waals surface area contributed by atoms with Crippen molar-refractivity contribution in [3.63, 3.8) is 0 Å². The Morgan fingerprint density at radius 3 is 2.68 bits per heavy atom. The van der Waals surface area contributed by atoms with Gasteiger partial charge in [-0.2, -0.15) is 0 Å². The van der Waals surface area contributed by atoms with Gasteiger partial charge in [0.25, 0.3) is 0 Å². The first-order chi connectivity index (χ1) is 9.06. The molecule has 1 unspecified atom stereocenters. The smallest absolute Gasteiger partial charge is 0.250 e. The number of benzene rings is 1. The standard InChI is InChI=1S/C14H16N4O/c1-9(10-3-2-4-12(15)7-10)18-13-6-5-11(8-17-13)14(16)19/h2-9H,15H2,1H3,(H2,16,19)(H,17,18). The lowest BCUT2D eigenvalue weighted by molar-refractivity contribution is 0.1000. The van der Waals surface area contributed by atoms with Gasteiger partial charge in [0.15, 0.2) is 0 Å². The van der Waals surface area contributed by atoms with E-state index in [-0.39, 0.29) is 6.04 Å². The maximum atomic E-state index is 10.9. The molecule has 1 aromatic carbocycles. The van der Waals surface area contributed by atoms with Crippen molar-refractivity contribution in [2.45, 2.75) is 13.0 Å². The van der Waals surface area contributed by atoms with Crippen molar-refractivity contribution in [1.29, 1.82) is 0 Å². The van der Waals surface area contributed by atoms with E-state index < -0.39 is 5.91 Å². The Bertz CT molecular complexity index is 580. The molecule has 0 bridgehead atoms. The predicted molar refractivity (Wildman–Crippen MR) is 75.6 cm³/mol. The normalized spacial score (nSPS) is 11.8. The number of nitrogens with zero attached hydrogens (tertiary/aromatic N) is 1. The molecule has 1 amide bonds. The van der Waals surface area contributed by atoms with E-state index in [0.717, 1.165) is 11.3 Å². The zero-order valence-corrected chi connectivity index (χ0v) is 10.6. The van der Waals surface area contributed by atoms with Gasteiger partial charge in [-0.15, -0.1) is 0 Å². The molecule has 0 aliphatic rings. The fourth-order valence-corrected chi connectivity index (χ4v) is 1.76. The number of nitrogen functional groups attached to an aromatic ring is 1. The molecule has 2 rings (SSSR count). The van der Waals surface area contributed by atoms with Crippen LogP contribution in [0.5, 0.6) is 0 Å². The highest BCUT2D eigenvalue weighted by Crippen LogP contribution is 2.19. The third kappa shape index (κ3) is 3.22. The monoisotopic (exact) mass is 256 g/mol. The number of anilines is 2. The zero-order valence-electron chi connectivity index (χ0n) is 10.6. The molecule has 5 heteroatoms. The molecule has 0 aliphatic carbocycles. The van der Waals surface area contributed by atoms with Gasteiger partial charge in [-0.3, -0.25) is 4.79 Å². The fourth-order valence-electron chi connectivity index (χ4n) is 1.76. The molecular weight excluding hydrogens is 240 g/mol. The molecule has 0 saturated carbocycles. The Balaban J connectivity index is 2.10. The Labute approximate surface area is 111 Å². The van der Waals surface area contributed by atoms with Gasteiger partial charge in [0.1, 0.15) is 5.82 Å². The van der Waals surface area contributed by atoms with Crippen molar-refractivity contribution in [1.82, 2.24) is 4.98 Å². The number of rotatable bonds is 4. The minimum Gasteiger partial charge on any atom is -0.399 e. The highest BCUT2D eigenvalue weighted by molar-refractivity contribution is 5.92. The van der Waals surface area contributed by atoms with Gasteiger partial charge >= 0.3 is 0 Å². The van der Waals surface area contributed by atoms with Crippen LogP contribution in [0.1, 0.15) is 28.9 Å². The quantitative estimate of drug-likeness (QED) is 0.728. The second kappa shape index (κ2) is 5.39.